The van der Waals surface area contributed by atoms with Crippen LogP contribution in [0.3, 0.4) is 0 Å². The van der Waals surface area contributed by atoms with Gasteiger partial charge in [-0.15, -0.1) is 0 Å². The monoisotopic (exact) mass is 253 g/mol. The molecule has 2 aliphatic rings. The summed E-state index contributed by atoms with van der Waals surface area (Å²) in [6, 6.07) is 1.14. The van der Waals surface area contributed by atoms with Crippen molar-refractivity contribution in [3.8, 4) is 0 Å². The number of rotatable bonds is 3. The van der Waals surface area contributed by atoms with Crippen LogP contribution in [-0.2, 0) is 4.84 Å². The first kappa shape index (κ1) is 14.3. The van der Waals surface area contributed by atoms with Gasteiger partial charge in [0.2, 0.25) is 0 Å². The average Bonchev–Trinajstić information content (AvgIpc) is 2.61. The summed E-state index contributed by atoms with van der Waals surface area (Å²) in [7, 11) is 0. The Labute approximate surface area is 113 Å². The van der Waals surface area contributed by atoms with Crippen molar-refractivity contribution in [1.82, 2.24) is 5.06 Å². The van der Waals surface area contributed by atoms with Crippen LogP contribution in [0.1, 0.15) is 67.2 Å². The normalized spacial score (nSPS) is 40.2. The molecule has 4 atom stereocenters. The van der Waals surface area contributed by atoms with E-state index in [9.17, 15) is 0 Å². The number of hydrogen-bond donors (Lipinski definition) is 0. The van der Waals surface area contributed by atoms with E-state index in [1.54, 1.807) is 0 Å². The molecule has 2 nitrogen and oxygen atoms in total. The largest absolute Gasteiger partial charge is 0.292 e. The quantitative estimate of drug-likeness (QED) is 0.745. The van der Waals surface area contributed by atoms with Crippen molar-refractivity contribution in [2.45, 2.75) is 84.9 Å². The van der Waals surface area contributed by atoms with Crippen molar-refractivity contribution < 1.29 is 4.84 Å². The van der Waals surface area contributed by atoms with Gasteiger partial charge in [-0.1, -0.05) is 26.7 Å². The Bertz CT molecular complexity index is 287. The lowest BCUT2D eigenvalue weighted by Crippen LogP contribution is -2.46. The second-order valence-electron chi connectivity index (χ2n) is 7.16. The second kappa shape index (κ2) is 5.13. The lowest BCUT2D eigenvalue weighted by molar-refractivity contribution is -0.216. The van der Waals surface area contributed by atoms with Crippen LogP contribution in [0.25, 0.3) is 0 Å². The van der Waals surface area contributed by atoms with Gasteiger partial charge in [0.15, 0.2) is 0 Å². The molecule has 1 aliphatic heterocycles. The molecule has 0 aromatic heterocycles. The van der Waals surface area contributed by atoms with E-state index in [1.165, 1.54) is 25.7 Å². The zero-order chi connectivity index (χ0) is 13.5. The summed E-state index contributed by atoms with van der Waals surface area (Å²) in [5, 5.41) is 2.32. The third kappa shape index (κ3) is 2.34. The van der Waals surface area contributed by atoms with Gasteiger partial charge in [0.25, 0.3) is 0 Å². The summed E-state index contributed by atoms with van der Waals surface area (Å²) in [5.41, 5.74) is 0.0240. The standard InChI is InChI=1S/C16H31NO/c1-7-12-9-13(8-2)15-14(10-12)16(5,6)18-17(15)11(3)4/h11-15H,7-10H2,1-6H3/t12-,13+,14-,15-/m1/s1. The molecule has 0 unspecified atom stereocenters. The van der Waals surface area contributed by atoms with Crippen molar-refractivity contribution in [3.05, 3.63) is 0 Å². The van der Waals surface area contributed by atoms with E-state index in [2.05, 4.69) is 46.6 Å². The van der Waals surface area contributed by atoms with Gasteiger partial charge in [0, 0.05) is 18.0 Å². The summed E-state index contributed by atoms with van der Waals surface area (Å²) in [5.74, 6) is 2.44. The molecule has 2 heteroatoms. The molecule has 1 heterocycles. The molecule has 0 aromatic rings. The summed E-state index contributed by atoms with van der Waals surface area (Å²) < 4.78 is 0. The van der Waals surface area contributed by atoms with Gasteiger partial charge in [0.05, 0.1) is 5.60 Å². The fraction of sp³-hybridized carbons (Fsp3) is 1.00. The minimum Gasteiger partial charge on any atom is -0.292 e. The van der Waals surface area contributed by atoms with E-state index in [-0.39, 0.29) is 5.60 Å². The summed E-state index contributed by atoms with van der Waals surface area (Å²) >= 11 is 0. The molecule has 106 valence electrons. The van der Waals surface area contributed by atoms with E-state index in [1.807, 2.05) is 0 Å². The van der Waals surface area contributed by atoms with Gasteiger partial charge >= 0.3 is 0 Å². The molecule has 0 aromatic carbocycles. The molecule has 0 bridgehead atoms. The molecule has 0 spiro atoms. The number of nitrogens with zero attached hydrogens (tertiary/aromatic N) is 1. The van der Waals surface area contributed by atoms with Crippen LogP contribution in [0.5, 0.6) is 0 Å². The van der Waals surface area contributed by atoms with Crippen molar-refractivity contribution in [2.75, 3.05) is 0 Å². The number of hydroxylamine groups is 2. The Hall–Kier alpha value is -0.0800. The van der Waals surface area contributed by atoms with E-state index >= 15 is 0 Å². The van der Waals surface area contributed by atoms with E-state index in [0.717, 1.165) is 11.8 Å². The van der Waals surface area contributed by atoms with E-state index in [4.69, 9.17) is 4.84 Å². The highest BCUT2D eigenvalue weighted by Crippen LogP contribution is 2.50. The summed E-state index contributed by atoms with van der Waals surface area (Å²) in [4.78, 5) is 6.32. The van der Waals surface area contributed by atoms with Crippen LogP contribution in [-0.4, -0.2) is 22.7 Å². The van der Waals surface area contributed by atoms with Crippen molar-refractivity contribution in [2.24, 2.45) is 17.8 Å². The minimum absolute atomic E-state index is 0.0240. The molecule has 1 saturated heterocycles. The Morgan fingerprint density at radius 3 is 2.33 bits per heavy atom. The number of fused-ring (bicyclic) bond motifs is 1. The van der Waals surface area contributed by atoms with E-state index < -0.39 is 0 Å². The van der Waals surface area contributed by atoms with Crippen LogP contribution in [0.2, 0.25) is 0 Å². The predicted octanol–water partition coefficient (Wildman–Crippen LogP) is 4.25. The Morgan fingerprint density at radius 2 is 1.83 bits per heavy atom. The predicted molar refractivity (Wildman–Crippen MR) is 76.2 cm³/mol. The minimum atomic E-state index is 0.0240. The third-order valence-corrected chi connectivity index (χ3v) is 5.26. The Balaban J connectivity index is 2.26. The molecule has 1 aliphatic carbocycles. The SMILES string of the molecule is CC[C@@H]1C[C@H](CC)[C@@H]2[C@@H](C1)C(C)(C)ON2C(C)C. The smallest absolute Gasteiger partial charge is 0.0888 e. The van der Waals surface area contributed by atoms with Crippen molar-refractivity contribution >= 4 is 0 Å². The van der Waals surface area contributed by atoms with Crippen molar-refractivity contribution in [3.63, 3.8) is 0 Å². The Morgan fingerprint density at radius 1 is 1.17 bits per heavy atom. The lowest BCUT2D eigenvalue weighted by atomic mass is 9.65. The maximum absolute atomic E-state index is 6.32. The zero-order valence-corrected chi connectivity index (χ0v) is 13.1. The molecule has 0 radical (unpaired) electrons. The lowest BCUT2D eigenvalue weighted by Gasteiger charge is -2.42. The first-order chi connectivity index (χ1) is 8.40. The van der Waals surface area contributed by atoms with Crippen LogP contribution in [0, 0.1) is 17.8 Å². The molecule has 0 amide bonds. The second-order valence-corrected chi connectivity index (χ2v) is 7.16. The van der Waals surface area contributed by atoms with Crippen molar-refractivity contribution in [1.29, 1.82) is 0 Å². The van der Waals surface area contributed by atoms with Crippen LogP contribution in [0.4, 0.5) is 0 Å². The highest BCUT2D eigenvalue weighted by molar-refractivity contribution is 5.01. The molecule has 0 N–H and O–H groups in total. The van der Waals surface area contributed by atoms with Gasteiger partial charge in [0.1, 0.15) is 0 Å². The molecule has 1 saturated carbocycles. The third-order valence-electron chi connectivity index (χ3n) is 5.26. The van der Waals surface area contributed by atoms with Gasteiger partial charge in [-0.3, -0.25) is 4.84 Å². The molecular weight excluding hydrogens is 222 g/mol. The topological polar surface area (TPSA) is 12.5 Å². The van der Waals surface area contributed by atoms with Crippen LogP contribution in [0.15, 0.2) is 0 Å². The van der Waals surface area contributed by atoms with Gasteiger partial charge in [-0.25, -0.2) is 0 Å². The number of hydrogen-bond acceptors (Lipinski definition) is 2. The maximum Gasteiger partial charge on any atom is 0.0888 e. The first-order valence-electron chi connectivity index (χ1n) is 7.88. The van der Waals surface area contributed by atoms with E-state index in [0.29, 0.717) is 18.0 Å². The summed E-state index contributed by atoms with van der Waals surface area (Å²) in [6.45, 7) is 13.8. The molecular formula is C16H31NO. The highest BCUT2D eigenvalue weighted by Gasteiger charge is 2.54. The van der Waals surface area contributed by atoms with Gasteiger partial charge < -0.3 is 0 Å². The summed E-state index contributed by atoms with van der Waals surface area (Å²) in [6.07, 6.45) is 5.38. The molecule has 18 heavy (non-hydrogen) atoms. The zero-order valence-electron chi connectivity index (χ0n) is 13.1. The molecule has 2 fully saturated rings. The maximum atomic E-state index is 6.32. The Kier molecular flexibility index (Phi) is 4.08. The van der Waals surface area contributed by atoms with Crippen LogP contribution < -0.4 is 0 Å². The van der Waals surface area contributed by atoms with Crippen LogP contribution >= 0.6 is 0 Å². The van der Waals surface area contributed by atoms with Gasteiger partial charge in [-0.05, 0) is 52.4 Å². The highest BCUT2D eigenvalue weighted by atomic mass is 16.7. The molecule has 2 rings (SSSR count). The van der Waals surface area contributed by atoms with Gasteiger partial charge in [-0.2, -0.15) is 5.06 Å². The average molecular weight is 253 g/mol. The fourth-order valence-electron chi connectivity index (χ4n) is 4.16. The fourth-order valence-corrected chi connectivity index (χ4v) is 4.16. The first-order valence-corrected chi connectivity index (χ1v) is 7.88.